The van der Waals surface area contributed by atoms with Gasteiger partial charge >= 0.3 is 5.97 Å². The van der Waals surface area contributed by atoms with Crippen LogP contribution in [-0.2, 0) is 9.53 Å². The Hall–Kier alpha value is -1.49. The molecular weight excluding hydrogens is 260 g/mol. The van der Waals surface area contributed by atoms with Crippen LogP contribution in [0.25, 0.3) is 0 Å². The molecule has 0 aliphatic carbocycles. The minimum atomic E-state index is -0.495. The summed E-state index contributed by atoms with van der Waals surface area (Å²) in [5, 5.41) is 4.00. The highest BCUT2D eigenvalue weighted by Crippen LogP contribution is 2.20. The van der Waals surface area contributed by atoms with Gasteiger partial charge in [-0.3, -0.25) is 4.99 Å². The maximum Gasteiger partial charge on any atom is 0.333 e. The zero-order chi connectivity index (χ0) is 13.7. The minimum absolute atomic E-state index is 0.298. The number of thioether (sulfide) groups is 1. The second-order valence-corrected chi connectivity index (χ2v) is 5.58. The number of ether oxygens (including phenoxy) is 1. The lowest BCUT2D eigenvalue weighted by Crippen LogP contribution is -2.35. The topological polar surface area (TPSA) is 50.7 Å². The standard InChI is InChI=1S/C14H18N2O2S/c1-10-8-15-14(19-9-10)16-12(13(17)18-2)11-6-4-3-5-7-11/h3-7,10,12H,8-9H2,1-2H3,(H,15,16). The SMILES string of the molecule is COC(=O)C(NC1=NCC(C)CS1)c1ccccc1. The lowest BCUT2D eigenvalue weighted by molar-refractivity contribution is -0.142. The van der Waals surface area contributed by atoms with Gasteiger partial charge in [0.1, 0.15) is 0 Å². The van der Waals surface area contributed by atoms with E-state index in [9.17, 15) is 4.79 Å². The van der Waals surface area contributed by atoms with Crippen LogP contribution in [-0.4, -0.2) is 30.5 Å². The molecule has 1 aromatic rings. The van der Waals surface area contributed by atoms with Crippen LogP contribution in [0.4, 0.5) is 0 Å². The van der Waals surface area contributed by atoms with Gasteiger partial charge in [-0.15, -0.1) is 0 Å². The van der Waals surface area contributed by atoms with Gasteiger partial charge in [0, 0.05) is 12.3 Å². The van der Waals surface area contributed by atoms with Gasteiger partial charge in [0.25, 0.3) is 0 Å². The van der Waals surface area contributed by atoms with Crippen LogP contribution >= 0.6 is 11.8 Å². The fraction of sp³-hybridized carbons (Fsp3) is 0.429. The third-order valence-corrected chi connectivity index (χ3v) is 4.14. The summed E-state index contributed by atoms with van der Waals surface area (Å²) in [4.78, 5) is 16.4. The smallest absolute Gasteiger partial charge is 0.333 e. The summed E-state index contributed by atoms with van der Waals surface area (Å²) in [7, 11) is 1.40. The van der Waals surface area contributed by atoms with Crippen molar-refractivity contribution in [2.75, 3.05) is 19.4 Å². The first-order valence-corrected chi connectivity index (χ1v) is 7.26. The van der Waals surface area contributed by atoms with E-state index in [0.29, 0.717) is 5.92 Å². The number of carbonyl (C=O) groups is 1. The second kappa shape index (κ2) is 6.61. The maximum absolute atomic E-state index is 11.9. The molecule has 2 rings (SSSR count). The van der Waals surface area contributed by atoms with Gasteiger partial charge in [0.2, 0.25) is 0 Å². The number of esters is 1. The summed E-state index contributed by atoms with van der Waals surface area (Å²) in [5.74, 6) is 1.31. The van der Waals surface area contributed by atoms with Gasteiger partial charge in [0.05, 0.1) is 7.11 Å². The van der Waals surface area contributed by atoms with Gasteiger partial charge in [-0.25, -0.2) is 4.79 Å². The Morgan fingerprint density at radius 3 is 2.79 bits per heavy atom. The van der Waals surface area contributed by atoms with Gasteiger partial charge in [-0.05, 0) is 11.5 Å². The van der Waals surface area contributed by atoms with Crippen molar-refractivity contribution in [2.45, 2.75) is 13.0 Å². The van der Waals surface area contributed by atoms with Crippen LogP contribution in [0.5, 0.6) is 0 Å². The van der Waals surface area contributed by atoms with E-state index in [0.717, 1.165) is 23.0 Å². The Labute approximate surface area is 117 Å². The molecule has 4 nitrogen and oxygen atoms in total. The highest BCUT2D eigenvalue weighted by molar-refractivity contribution is 8.13. The van der Waals surface area contributed by atoms with Gasteiger partial charge in [0.15, 0.2) is 11.2 Å². The molecule has 102 valence electrons. The van der Waals surface area contributed by atoms with E-state index in [1.807, 2.05) is 30.3 Å². The molecule has 1 aliphatic rings. The zero-order valence-electron chi connectivity index (χ0n) is 11.1. The first-order chi connectivity index (χ1) is 9.20. The number of nitrogens with one attached hydrogen (secondary N) is 1. The lowest BCUT2D eigenvalue weighted by Gasteiger charge is -2.22. The largest absolute Gasteiger partial charge is 0.467 e. The number of carbonyl (C=O) groups excluding carboxylic acids is 1. The second-order valence-electron chi connectivity index (χ2n) is 4.57. The van der Waals surface area contributed by atoms with E-state index < -0.39 is 6.04 Å². The monoisotopic (exact) mass is 278 g/mol. The molecule has 19 heavy (non-hydrogen) atoms. The average molecular weight is 278 g/mol. The van der Waals surface area contributed by atoms with Crippen molar-refractivity contribution in [3.05, 3.63) is 35.9 Å². The fourth-order valence-corrected chi connectivity index (χ4v) is 2.73. The Balaban J connectivity index is 2.13. The molecular formula is C14H18N2O2S. The molecule has 0 saturated heterocycles. The Kier molecular flexibility index (Phi) is 4.85. The third-order valence-electron chi connectivity index (χ3n) is 2.89. The van der Waals surface area contributed by atoms with Crippen LogP contribution in [0.3, 0.4) is 0 Å². The molecule has 0 amide bonds. The first-order valence-electron chi connectivity index (χ1n) is 6.27. The maximum atomic E-state index is 11.9. The minimum Gasteiger partial charge on any atom is -0.467 e. The van der Waals surface area contributed by atoms with E-state index in [1.54, 1.807) is 11.8 Å². The number of rotatable bonds is 3. The van der Waals surface area contributed by atoms with Gasteiger partial charge in [-0.2, -0.15) is 0 Å². The summed E-state index contributed by atoms with van der Waals surface area (Å²) < 4.78 is 4.86. The number of hydrogen-bond donors (Lipinski definition) is 1. The molecule has 1 aliphatic heterocycles. The Morgan fingerprint density at radius 2 is 2.21 bits per heavy atom. The Bertz CT molecular complexity index is 462. The molecule has 1 aromatic carbocycles. The molecule has 5 heteroatoms. The molecule has 0 saturated carbocycles. The lowest BCUT2D eigenvalue weighted by atomic mass is 10.1. The van der Waals surface area contributed by atoms with E-state index in [1.165, 1.54) is 7.11 Å². The van der Waals surface area contributed by atoms with Crippen molar-refractivity contribution in [3.8, 4) is 0 Å². The predicted octanol–water partition coefficient (Wildman–Crippen LogP) is 2.23. The molecule has 0 bridgehead atoms. The number of methoxy groups -OCH3 is 1. The van der Waals surface area contributed by atoms with Crippen molar-refractivity contribution in [2.24, 2.45) is 10.9 Å². The van der Waals surface area contributed by atoms with E-state index in [2.05, 4.69) is 17.2 Å². The van der Waals surface area contributed by atoms with Crippen molar-refractivity contribution in [1.82, 2.24) is 5.32 Å². The molecule has 2 atom stereocenters. The summed E-state index contributed by atoms with van der Waals surface area (Å²) in [6, 6.07) is 9.06. The van der Waals surface area contributed by atoms with Gasteiger partial charge < -0.3 is 10.1 Å². The van der Waals surface area contributed by atoms with Crippen LogP contribution in [0.15, 0.2) is 35.3 Å². The number of benzene rings is 1. The molecule has 0 radical (unpaired) electrons. The molecule has 0 aromatic heterocycles. The summed E-state index contributed by atoms with van der Waals surface area (Å²) >= 11 is 1.65. The van der Waals surface area contributed by atoms with Crippen molar-refractivity contribution in [3.63, 3.8) is 0 Å². The molecule has 2 unspecified atom stereocenters. The van der Waals surface area contributed by atoms with Crippen LogP contribution in [0.2, 0.25) is 0 Å². The average Bonchev–Trinajstić information content (AvgIpc) is 2.47. The van der Waals surface area contributed by atoms with Crippen molar-refractivity contribution in [1.29, 1.82) is 0 Å². The quantitative estimate of drug-likeness (QED) is 0.861. The van der Waals surface area contributed by atoms with Gasteiger partial charge in [-0.1, -0.05) is 49.0 Å². The van der Waals surface area contributed by atoms with E-state index in [-0.39, 0.29) is 5.97 Å². The molecule has 1 N–H and O–H groups in total. The van der Waals surface area contributed by atoms with Crippen molar-refractivity contribution >= 4 is 22.9 Å². The first kappa shape index (κ1) is 13.9. The summed E-state index contributed by atoms with van der Waals surface area (Å²) in [6.07, 6.45) is 0. The molecule has 1 heterocycles. The van der Waals surface area contributed by atoms with Crippen LogP contribution in [0.1, 0.15) is 18.5 Å². The molecule has 0 fully saturated rings. The summed E-state index contributed by atoms with van der Waals surface area (Å²) in [5.41, 5.74) is 0.885. The van der Waals surface area contributed by atoms with Crippen LogP contribution in [0, 0.1) is 5.92 Å². The highest BCUT2D eigenvalue weighted by atomic mass is 32.2. The van der Waals surface area contributed by atoms with Crippen molar-refractivity contribution < 1.29 is 9.53 Å². The molecule has 0 spiro atoms. The third kappa shape index (κ3) is 3.73. The highest BCUT2D eigenvalue weighted by Gasteiger charge is 2.24. The van der Waals surface area contributed by atoms with E-state index >= 15 is 0 Å². The normalized spacial score (nSPS) is 20.3. The number of hydrogen-bond acceptors (Lipinski definition) is 5. The van der Waals surface area contributed by atoms with E-state index in [4.69, 9.17) is 4.74 Å². The summed E-state index contributed by atoms with van der Waals surface area (Å²) in [6.45, 7) is 2.97. The fourth-order valence-electron chi connectivity index (χ4n) is 1.81. The van der Waals surface area contributed by atoms with Crippen LogP contribution < -0.4 is 5.32 Å². The predicted molar refractivity (Wildman–Crippen MR) is 78.3 cm³/mol. The zero-order valence-corrected chi connectivity index (χ0v) is 11.9. The number of aliphatic imine (C=N–C) groups is 1. The number of nitrogens with zero attached hydrogens (tertiary/aromatic N) is 1. The number of amidine groups is 1. The Morgan fingerprint density at radius 1 is 1.47 bits per heavy atom.